The molecule has 0 aromatic heterocycles. The number of piperidine rings is 1. The van der Waals surface area contributed by atoms with Gasteiger partial charge >= 0.3 is 5.69 Å². The van der Waals surface area contributed by atoms with Crippen molar-refractivity contribution in [2.45, 2.75) is 12.8 Å². The van der Waals surface area contributed by atoms with E-state index in [9.17, 15) is 10.1 Å². The number of anilines is 1. The van der Waals surface area contributed by atoms with Crippen LogP contribution < -0.4 is 10.2 Å². The van der Waals surface area contributed by atoms with Crippen LogP contribution in [0.5, 0.6) is 0 Å². The first-order chi connectivity index (χ1) is 9.13. The summed E-state index contributed by atoms with van der Waals surface area (Å²) in [7, 11) is 1.95. The number of rotatable bonds is 4. The minimum atomic E-state index is -0.392. The highest BCUT2D eigenvalue weighted by Crippen LogP contribution is 2.36. The summed E-state index contributed by atoms with van der Waals surface area (Å²) in [6.07, 6.45) is 2.09. The molecule has 1 fully saturated rings. The third-order valence-corrected chi connectivity index (χ3v) is 3.90. The maximum Gasteiger partial charge on any atom is 0.310 e. The number of para-hydroxylation sites is 1. The van der Waals surface area contributed by atoms with E-state index in [1.807, 2.05) is 7.05 Å². The second-order valence-corrected chi connectivity index (χ2v) is 5.26. The molecule has 0 radical (unpaired) electrons. The molecule has 0 atom stereocenters. The molecule has 2 rings (SSSR count). The van der Waals surface area contributed by atoms with E-state index in [1.54, 1.807) is 18.2 Å². The van der Waals surface area contributed by atoms with Gasteiger partial charge in [-0.15, -0.1) is 0 Å². The fourth-order valence-electron chi connectivity index (χ4n) is 2.61. The van der Waals surface area contributed by atoms with Gasteiger partial charge in [-0.2, -0.15) is 0 Å². The van der Waals surface area contributed by atoms with Crippen molar-refractivity contribution in [3.05, 3.63) is 33.3 Å². The monoisotopic (exact) mass is 283 g/mol. The number of nitrogens with one attached hydrogen (secondary N) is 1. The second kappa shape index (κ2) is 6.21. The Bertz CT molecular complexity index is 459. The van der Waals surface area contributed by atoms with Crippen LogP contribution in [-0.2, 0) is 0 Å². The van der Waals surface area contributed by atoms with Gasteiger partial charge in [-0.3, -0.25) is 10.1 Å². The van der Waals surface area contributed by atoms with Gasteiger partial charge in [0, 0.05) is 13.1 Å². The van der Waals surface area contributed by atoms with E-state index in [1.165, 1.54) is 0 Å². The summed E-state index contributed by atoms with van der Waals surface area (Å²) in [6, 6.07) is 5.11. The Hall–Kier alpha value is -1.33. The van der Waals surface area contributed by atoms with E-state index in [2.05, 4.69) is 10.2 Å². The number of nitro groups is 1. The van der Waals surface area contributed by atoms with Gasteiger partial charge in [-0.25, -0.2) is 0 Å². The van der Waals surface area contributed by atoms with Gasteiger partial charge in [0.2, 0.25) is 0 Å². The smallest absolute Gasteiger partial charge is 0.310 e. The average molecular weight is 284 g/mol. The number of hydrogen-bond donors (Lipinski definition) is 1. The maximum absolute atomic E-state index is 11.1. The highest BCUT2D eigenvalue weighted by molar-refractivity contribution is 6.33. The van der Waals surface area contributed by atoms with E-state index in [0.29, 0.717) is 11.6 Å². The Balaban J connectivity index is 2.15. The molecule has 0 bridgehead atoms. The molecule has 0 saturated carbocycles. The zero-order valence-electron chi connectivity index (χ0n) is 10.9. The highest BCUT2D eigenvalue weighted by atomic mass is 35.5. The van der Waals surface area contributed by atoms with Crippen molar-refractivity contribution in [3.63, 3.8) is 0 Å². The van der Waals surface area contributed by atoms with Gasteiger partial charge in [-0.1, -0.05) is 17.7 Å². The van der Waals surface area contributed by atoms with E-state index in [0.717, 1.165) is 32.5 Å². The summed E-state index contributed by atoms with van der Waals surface area (Å²) in [4.78, 5) is 12.8. The van der Waals surface area contributed by atoms with Crippen molar-refractivity contribution in [2.75, 3.05) is 31.6 Å². The third-order valence-electron chi connectivity index (χ3n) is 3.60. The van der Waals surface area contributed by atoms with Gasteiger partial charge in [0.25, 0.3) is 0 Å². The molecule has 1 aromatic rings. The van der Waals surface area contributed by atoms with Gasteiger partial charge in [-0.05, 0) is 44.5 Å². The third kappa shape index (κ3) is 3.16. The Morgan fingerprint density at radius 3 is 2.74 bits per heavy atom. The molecular weight excluding hydrogens is 266 g/mol. The summed E-state index contributed by atoms with van der Waals surface area (Å²) < 4.78 is 0. The van der Waals surface area contributed by atoms with Crippen LogP contribution in [-0.4, -0.2) is 31.6 Å². The van der Waals surface area contributed by atoms with Gasteiger partial charge in [0.15, 0.2) is 0 Å². The van der Waals surface area contributed by atoms with Crippen LogP contribution >= 0.6 is 11.6 Å². The molecule has 0 aliphatic carbocycles. The molecule has 1 aliphatic rings. The molecule has 104 valence electrons. The lowest BCUT2D eigenvalue weighted by Crippen LogP contribution is -2.37. The average Bonchev–Trinajstić information content (AvgIpc) is 2.39. The van der Waals surface area contributed by atoms with Crippen molar-refractivity contribution < 1.29 is 4.92 Å². The molecule has 1 aliphatic heterocycles. The maximum atomic E-state index is 11.1. The normalized spacial score (nSPS) is 16.6. The van der Waals surface area contributed by atoms with Crippen LogP contribution in [0.1, 0.15) is 12.8 Å². The van der Waals surface area contributed by atoms with Crippen LogP contribution in [0.4, 0.5) is 11.4 Å². The van der Waals surface area contributed by atoms with Crippen LogP contribution in [0.15, 0.2) is 18.2 Å². The van der Waals surface area contributed by atoms with Crippen LogP contribution in [0.3, 0.4) is 0 Å². The number of nitrogens with zero attached hydrogens (tertiary/aromatic N) is 2. The predicted molar refractivity (Wildman–Crippen MR) is 77.0 cm³/mol. The lowest BCUT2D eigenvalue weighted by molar-refractivity contribution is -0.384. The lowest BCUT2D eigenvalue weighted by Gasteiger charge is -2.33. The van der Waals surface area contributed by atoms with E-state index in [4.69, 9.17) is 11.6 Å². The summed E-state index contributed by atoms with van der Waals surface area (Å²) in [6.45, 7) is 2.69. The van der Waals surface area contributed by atoms with E-state index in [-0.39, 0.29) is 10.7 Å². The molecule has 1 N–H and O–H groups in total. The minimum absolute atomic E-state index is 0.0243. The zero-order valence-corrected chi connectivity index (χ0v) is 11.7. The van der Waals surface area contributed by atoms with Crippen molar-refractivity contribution in [2.24, 2.45) is 5.92 Å². The molecule has 1 heterocycles. The zero-order chi connectivity index (χ0) is 13.8. The standard InChI is InChI=1S/C13H18ClN3O2/c1-15-9-10-5-7-16(8-6-10)12-4-2-3-11(14)13(12)17(18)19/h2-4,10,15H,5-9H2,1H3. The second-order valence-electron chi connectivity index (χ2n) is 4.85. The largest absolute Gasteiger partial charge is 0.366 e. The summed E-state index contributed by atoms with van der Waals surface area (Å²) >= 11 is 5.94. The first-order valence-corrected chi connectivity index (χ1v) is 6.83. The first-order valence-electron chi connectivity index (χ1n) is 6.46. The fourth-order valence-corrected chi connectivity index (χ4v) is 2.85. The Morgan fingerprint density at radius 2 is 2.16 bits per heavy atom. The number of benzene rings is 1. The van der Waals surface area contributed by atoms with Crippen LogP contribution in [0.25, 0.3) is 0 Å². The van der Waals surface area contributed by atoms with Gasteiger partial charge in [0.1, 0.15) is 10.7 Å². The molecule has 0 unspecified atom stereocenters. The Morgan fingerprint density at radius 1 is 1.47 bits per heavy atom. The molecule has 1 saturated heterocycles. The molecule has 1 aromatic carbocycles. The number of halogens is 1. The lowest BCUT2D eigenvalue weighted by atomic mass is 9.96. The molecule has 19 heavy (non-hydrogen) atoms. The molecule has 6 heteroatoms. The number of hydrogen-bond acceptors (Lipinski definition) is 4. The van der Waals surface area contributed by atoms with E-state index < -0.39 is 4.92 Å². The molecule has 5 nitrogen and oxygen atoms in total. The molecule has 0 spiro atoms. The molecule has 0 amide bonds. The van der Waals surface area contributed by atoms with Crippen molar-refractivity contribution >= 4 is 23.0 Å². The van der Waals surface area contributed by atoms with Crippen molar-refractivity contribution in [1.82, 2.24) is 5.32 Å². The van der Waals surface area contributed by atoms with Crippen molar-refractivity contribution in [3.8, 4) is 0 Å². The van der Waals surface area contributed by atoms with Gasteiger partial charge < -0.3 is 10.2 Å². The minimum Gasteiger partial charge on any atom is -0.366 e. The first kappa shape index (κ1) is 14.1. The Labute approximate surface area is 117 Å². The topological polar surface area (TPSA) is 58.4 Å². The Kier molecular flexibility index (Phi) is 4.61. The van der Waals surface area contributed by atoms with Gasteiger partial charge in [0.05, 0.1) is 4.92 Å². The van der Waals surface area contributed by atoms with Crippen LogP contribution in [0.2, 0.25) is 5.02 Å². The fraction of sp³-hybridized carbons (Fsp3) is 0.538. The quantitative estimate of drug-likeness (QED) is 0.682. The SMILES string of the molecule is CNCC1CCN(c2cccc(Cl)c2[N+](=O)[O-])CC1. The summed E-state index contributed by atoms with van der Waals surface area (Å²) in [5.41, 5.74) is 0.664. The predicted octanol–water partition coefficient (Wildman–Crippen LogP) is 2.68. The molecular formula is C13H18ClN3O2. The van der Waals surface area contributed by atoms with Crippen molar-refractivity contribution in [1.29, 1.82) is 0 Å². The van der Waals surface area contributed by atoms with E-state index >= 15 is 0 Å². The highest BCUT2D eigenvalue weighted by Gasteiger charge is 2.26. The van der Waals surface area contributed by atoms with Crippen LogP contribution in [0, 0.1) is 16.0 Å². The number of nitro benzene ring substituents is 1. The summed E-state index contributed by atoms with van der Waals surface area (Å²) in [5, 5.41) is 14.5. The summed E-state index contributed by atoms with van der Waals surface area (Å²) in [5.74, 6) is 0.652.